The molecule has 10 unspecified atom stereocenters. The standard InChI is InChI=1S/C63H90N18O23S3.BrH/c1-25-41(78-54(81-52(25)66)32(16-38(65)85)72-17-31(64)53(67)92)58(96)80-43(49(33-18-69-24-73-33)102-62-51(47(90)45(88)36(19-82)101-62)103-61-48(91)50(104-63(68)98)46(89)37(20-83)100-61)59(97)74-27(3)44(87)26(2)55(93)79-42(28(4)84)57(95)71-14-12-40-76-35(22-105-40)60-77-34(21-106-60)56(94)70-13-7-15-107(6)23-39(86)75-29-8-10-30(99-5)11-9-29;/h8-11,18,21-22,24,26-28,31-32,36-37,42-51,61-62,72,82-84,87-91H,7,12-17,19-20,23,64H2,1-6H3,(H14-,65,66,67,68,69,70,71,73,74,75,78,79,80,81,85,86,92,93,94,95,96,97,98);1H/t26?,27?,28?,31?,32?,36-,37+,42?,43?,44?,45+,46+,47+,48-,49?,50+,51-,61+,62-,107?;/m0./s1. The van der Waals surface area contributed by atoms with E-state index in [1.165, 1.54) is 50.4 Å². The topological polar surface area (TPSA) is 665 Å². The van der Waals surface area contributed by atoms with Crippen LogP contribution >= 0.6 is 22.7 Å². The molecule has 41 nitrogen and oxygen atoms in total. The number of rotatable bonds is 39. The van der Waals surface area contributed by atoms with Crippen molar-refractivity contribution in [2.75, 3.05) is 68.8 Å². The number of hydrogen-bond donors (Lipinski definition) is 21. The average Bonchev–Trinajstić information content (AvgIpc) is 1.18. The van der Waals surface area contributed by atoms with Gasteiger partial charge in [0.2, 0.25) is 29.5 Å². The third-order valence-corrected chi connectivity index (χ3v) is 20.5. The summed E-state index contributed by atoms with van der Waals surface area (Å²) in [6, 6.07) is -0.911. The fraction of sp³-hybridized carbons (Fsp3) is 0.556. The first-order valence-electron chi connectivity index (χ1n) is 33.2. The number of thiazole rings is 2. The van der Waals surface area contributed by atoms with Crippen molar-refractivity contribution >= 4 is 98.4 Å². The summed E-state index contributed by atoms with van der Waals surface area (Å²) in [4.78, 5) is 144. The third-order valence-electron chi connectivity index (χ3n) is 17.0. The Hall–Kier alpha value is -8.33. The highest BCUT2D eigenvalue weighted by Gasteiger charge is 2.54. The summed E-state index contributed by atoms with van der Waals surface area (Å²) < 4.78 is 33.9. The lowest BCUT2D eigenvalue weighted by atomic mass is 9.96. The summed E-state index contributed by atoms with van der Waals surface area (Å²) in [7, 11) is 1.31. The Bertz CT molecular complexity index is 3840. The third kappa shape index (κ3) is 24.1. The highest BCUT2D eigenvalue weighted by atomic mass is 79.9. The van der Waals surface area contributed by atoms with Crippen molar-refractivity contribution in [3.8, 4) is 16.5 Å². The number of methoxy groups -OCH3 is 1. The number of imidazole rings is 1. The predicted molar refractivity (Wildman–Crippen MR) is 379 cm³/mol. The molecule has 0 aliphatic carbocycles. The first-order chi connectivity index (χ1) is 50.7. The molecule has 2 saturated heterocycles. The monoisotopic (exact) mass is 1640 g/mol. The minimum atomic E-state index is -2.21. The van der Waals surface area contributed by atoms with Crippen LogP contribution in [0, 0.1) is 12.8 Å². The van der Waals surface area contributed by atoms with Gasteiger partial charge in [-0.1, -0.05) is 6.92 Å². The number of aliphatic hydroxyl groups excluding tert-OH is 8. The normalized spacial score (nSPS) is 22.7. The molecule has 0 saturated carbocycles. The van der Waals surface area contributed by atoms with Gasteiger partial charge < -0.3 is 157 Å². The SMILES string of the molecule is COc1ccc(NC(=O)C[S+](C)CCCNC(=O)c2csc(-c3csc(CCNC(=O)C(NC(=O)C(C)C(O)C(C)NC(=O)C(NC(=O)c4nc(C(CC(N)=O)NCC(N)C(N)=O)nc(N)c4C)C(O[C@@H]4O[C@@H](CO)[C@@H](O)[C@@H](O)[C@@H]4O[C@H]4O[C@H](CO)[C@@H](O)[C@@H](OC(N)=O)[C@@H]4O)c4cnc[nH]4)C(C)O)n3)n2)cc1.[Br-]. The van der Waals surface area contributed by atoms with Crippen LogP contribution in [-0.4, -0.2) is 280 Å². The number of halogens is 1. The van der Waals surface area contributed by atoms with Gasteiger partial charge in [0.15, 0.2) is 24.4 Å². The van der Waals surface area contributed by atoms with Crippen LogP contribution < -0.4 is 87.6 Å². The van der Waals surface area contributed by atoms with Crippen LogP contribution in [-0.2, 0) is 69.8 Å². The minimum absolute atomic E-state index is 0. The first kappa shape index (κ1) is 88.6. The van der Waals surface area contributed by atoms with Gasteiger partial charge in [-0.15, -0.1) is 22.7 Å². The van der Waals surface area contributed by atoms with E-state index in [-0.39, 0.29) is 87.8 Å². The zero-order chi connectivity index (χ0) is 78.7. The average molecular weight is 1640 g/mol. The number of aromatic nitrogens is 6. The molecule has 0 spiro atoms. The maximum absolute atomic E-state index is 15.2. The Balaban J connectivity index is 0.0000182. The van der Waals surface area contributed by atoms with Crippen molar-refractivity contribution in [1.82, 2.24) is 61.8 Å². The van der Waals surface area contributed by atoms with Crippen LogP contribution in [0.15, 0.2) is 47.5 Å². The Labute approximate surface area is 638 Å². The molecule has 26 N–H and O–H groups in total. The summed E-state index contributed by atoms with van der Waals surface area (Å²) in [6.45, 7) is 2.93. The molecule has 9 amide bonds. The number of anilines is 2. The van der Waals surface area contributed by atoms with E-state index in [1.807, 2.05) is 6.26 Å². The first-order valence-corrected chi connectivity index (χ1v) is 36.9. The number of hydrogen-bond acceptors (Lipinski definition) is 33. The number of benzene rings is 1. The zero-order valence-electron chi connectivity index (χ0n) is 59.1. The fourth-order valence-corrected chi connectivity index (χ4v) is 13.8. The predicted octanol–water partition coefficient (Wildman–Crippen LogP) is -9.68. The van der Waals surface area contributed by atoms with Crippen molar-refractivity contribution in [3.05, 3.63) is 81.0 Å². The highest BCUT2D eigenvalue weighted by molar-refractivity contribution is 7.96. The molecule has 2 aliphatic heterocycles. The summed E-state index contributed by atoms with van der Waals surface area (Å²) in [5.41, 5.74) is 28.6. The number of aliphatic hydroxyl groups is 8. The van der Waals surface area contributed by atoms with Crippen molar-refractivity contribution < 1.29 is 129 Å². The van der Waals surface area contributed by atoms with E-state index >= 15 is 4.79 Å². The molecule has 0 radical (unpaired) electrons. The number of primary amides is 3. The van der Waals surface area contributed by atoms with Gasteiger partial charge in [0, 0.05) is 60.9 Å². The van der Waals surface area contributed by atoms with E-state index in [1.54, 1.807) is 42.1 Å². The Kier molecular flexibility index (Phi) is 34.0. The van der Waals surface area contributed by atoms with E-state index in [9.17, 15) is 79.2 Å². The number of ether oxygens (including phenoxy) is 6. The molecular formula is C63H91BrN18O23S3. The number of amides is 9. The van der Waals surface area contributed by atoms with Crippen LogP contribution in [0.1, 0.15) is 88.8 Å². The number of nitrogens with one attached hydrogen (secondary N) is 8. The van der Waals surface area contributed by atoms with E-state index in [2.05, 4.69) is 67.1 Å². The maximum atomic E-state index is 15.2. The largest absolute Gasteiger partial charge is 1.00 e. The van der Waals surface area contributed by atoms with Gasteiger partial charge in [0.1, 0.15) is 106 Å². The molecule has 1 aromatic carbocycles. The summed E-state index contributed by atoms with van der Waals surface area (Å²) in [5, 5.41) is 111. The number of carbonyl (C=O) groups excluding carboxylic acids is 9. The smallest absolute Gasteiger partial charge is 0.404 e. The van der Waals surface area contributed by atoms with E-state index in [0.717, 1.165) is 12.5 Å². The molecular weight excluding hydrogens is 1550 g/mol. The minimum Gasteiger partial charge on any atom is -1.00 e. The van der Waals surface area contributed by atoms with Crippen molar-refractivity contribution in [2.24, 2.45) is 28.9 Å². The van der Waals surface area contributed by atoms with Crippen molar-refractivity contribution in [2.45, 2.75) is 157 Å². The molecule has 0 bridgehead atoms. The Morgan fingerprint density at radius 1 is 0.778 bits per heavy atom. The lowest BCUT2D eigenvalue weighted by Gasteiger charge is -2.47. The summed E-state index contributed by atoms with van der Waals surface area (Å²) in [6.07, 6.45) is -22.7. The number of nitrogens with two attached hydrogens (primary N) is 5. The van der Waals surface area contributed by atoms with Gasteiger partial charge in [-0.25, -0.2) is 29.7 Å². The van der Waals surface area contributed by atoms with Crippen LogP contribution in [0.3, 0.4) is 0 Å². The summed E-state index contributed by atoms with van der Waals surface area (Å²) in [5.74, 6) is -7.29. The molecule has 5 aromatic rings. The van der Waals surface area contributed by atoms with E-state index < -0.39 is 183 Å². The van der Waals surface area contributed by atoms with Crippen LogP contribution in [0.5, 0.6) is 5.75 Å². The summed E-state index contributed by atoms with van der Waals surface area (Å²) >= 11 is 2.45. The molecule has 2 aliphatic rings. The van der Waals surface area contributed by atoms with Gasteiger partial charge in [-0.3, -0.25) is 38.4 Å². The van der Waals surface area contributed by atoms with Crippen LogP contribution in [0.25, 0.3) is 10.7 Å². The quantitative estimate of drug-likeness (QED) is 0.0128. The number of carbonyl (C=O) groups is 9. The van der Waals surface area contributed by atoms with E-state index in [0.29, 0.717) is 51.6 Å². The van der Waals surface area contributed by atoms with Crippen LogP contribution in [0.2, 0.25) is 0 Å². The number of nitrogen functional groups attached to an aromatic ring is 1. The molecule has 6 heterocycles. The molecule has 7 rings (SSSR count). The second kappa shape index (κ2) is 41.5. The number of H-pyrrole nitrogens is 1. The Morgan fingerprint density at radius 3 is 2.09 bits per heavy atom. The molecule has 596 valence electrons. The van der Waals surface area contributed by atoms with Crippen molar-refractivity contribution in [3.63, 3.8) is 0 Å². The van der Waals surface area contributed by atoms with Crippen molar-refractivity contribution in [1.29, 1.82) is 0 Å². The maximum Gasteiger partial charge on any atom is 0.404 e. The second-order valence-electron chi connectivity index (χ2n) is 25.0. The molecule has 4 aromatic heterocycles. The number of nitrogens with zero attached hydrogens (tertiary/aromatic N) is 5. The molecule has 45 heteroatoms. The molecule has 108 heavy (non-hydrogen) atoms. The lowest BCUT2D eigenvalue weighted by Crippen LogP contribution is -3.00. The van der Waals surface area contributed by atoms with E-state index in [4.69, 9.17) is 57.1 Å². The van der Waals surface area contributed by atoms with Crippen LogP contribution in [0.4, 0.5) is 16.3 Å². The second-order valence-corrected chi connectivity index (χ2v) is 29.1. The molecule has 2 fully saturated rings. The number of aromatic amines is 1. The van der Waals surface area contributed by atoms with Gasteiger partial charge in [0.05, 0.1) is 86.1 Å². The fourth-order valence-electron chi connectivity index (χ4n) is 10.9. The van der Waals surface area contributed by atoms with Gasteiger partial charge in [-0.05, 0) is 55.9 Å². The lowest BCUT2D eigenvalue weighted by molar-refractivity contribution is -0.372. The zero-order valence-corrected chi connectivity index (χ0v) is 63.1. The molecule has 20 atom stereocenters. The Morgan fingerprint density at radius 2 is 1.46 bits per heavy atom. The van der Waals surface area contributed by atoms with Gasteiger partial charge in [-0.2, -0.15) is 0 Å². The van der Waals surface area contributed by atoms with Gasteiger partial charge in [0.25, 0.3) is 17.7 Å². The van der Waals surface area contributed by atoms with Gasteiger partial charge >= 0.3 is 6.09 Å². The highest BCUT2D eigenvalue weighted by Crippen LogP contribution is 2.35.